The molecule has 0 heterocycles. The fourth-order valence-electron chi connectivity index (χ4n) is 1.82. The van der Waals surface area contributed by atoms with E-state index in [4.69, 9.17) is 20.1 Å². The van der Waals surface area contributed by atoms with Crippen LogP contribution in [0.1, 0.15) is 43.6 Å². The lowest BCUT2D eigenvalue weighted by Crippen LogP contribution is -2.16. The number of carbonyl (C=O) groups is 4. The van der Waals surface area contributed by atoms with Crippen LogP contribution >= 0.6 is 0 Å². The van der Waals surface area contributed by atoms with Crippen LogP contribution in [0.3, 0.4) is 0 Å². The number of hydrogen-bond acceptors (Lipinski definition) is 5. The first kappa shape index (κ1) is 17.9. The predicted octanol–water partition coefficient (Wildman–Crippen LogP) is 1.44. The van der Waals surface area contributed by atoms with Crippen molar-refractivity contribution in [2.75, 3.05) is 6.61 Å². The largest absolute Gasteiger partial charge is 0.478 e. The van der Waals surface area contributed by atoms with E-state index < -0.39 is 40.6 Å². The molecule has 0 saturated carbocycles. The molecule has 0 unspecified atom stereocenters. The van der Waals surface area contributed by atoms with Crippen molar-refractivity contribution in [2.24, 2.45) is 0 Å². The lowest BCUT2D eigenvalue weighted by molar-refractivity contribution is -0.138. The van der Waals surface area contributed by atoms with Crippen LogP contribution in [0.4, 0.5) is 0 Å². The first-order chi connectivity index (χ1) is 10.6. The van der Waals surface area contributed by atoms with Gasteiger partial charge in [0.1, 0.15) is 0 Å². The molecule has 0 aliphatic carbocycles. The van der Waals surface area contributed by atoms with E-state index in [1.807, 2.05) is 0 Å². The van der Waals surface area contributed by atoms with Crippen LogP contribution in [0.5, 0.6) is 0 Å². The zero-order valence-electron chi connectivity index (χ0n) is 12.2. The molecule has 1 rings (SSSR count). The van der Waals surface area contributed by atoms with Crippen molar-refractivity contribution in [1.29, 1.82) is 0 Å². The third-order valence-electron chi connectivity index (χ3n) is 2.89. The minimum absolute atomic E-state index is 0.121. The Labute approximate surface area is 130 Å². The van der Waals surface area contributed by atoms with E-state index in [-0.39, 0.29) is 24.2 Å². The van der Waals surface area contributed by atoms with E-state index in [1.165, 1.54) is 6.92 Å². The van der Waals surface area contributed by atoms with Gasteiger partial charge in [-0.3, -0.25) is 0 Å². The number of carboxylic acid groups (broad SMARTS) is 3. The Balaban J connectivity index is 3.24. The summed E-state index contributed by atoms with van der Waals surface area (Å²) in [4.78, 5) is 44.8. The molecule has 0 radical (unpaired) electrons. The summed E-state index contributed by atoms with van der Waals surface area (Å²) < 4.78 is 4.81. The van der Waals surface area contributed by atoms with Crippen molar-refractivity contribution in [3.63, 3.8) is 0 Å². The molecule has 8 nitrogen and oxygen atoms in total. The Morgan fingerprint density at radius 3 is 1.83 bits per heavy atom. The number of esters is 1. The minimum Gasteiger partial charge on any atom is -0.478 e. The third-order valence-corrected chi connectivity index (χ3v) is 2.89. The maximum atomic E-state index is 11.3. The molecule has 0 aliphatic heterocycles. The topological polar surface area (TPSA) is 138 Å². The molecule has 0 fully saturated rings. The lowest BCUT2D eigenvalue weighted by Gasteiger charge is -2.12. The van der Waals surface area contributed by atoms with Gasteiger partial charge in [0.25, 0.3) is 0 Å². The van der Waals surface area contributed by atoms with Crippen LogP contribution in [-0.2, 0) is 16.0 Å². The van der Waals surface area contributed by atoms with E-state index in [0.717, 1.165) is 12.1 Å². The van der Waals surface area contributed by atoms with Gasteiger partial charge in [0.05, 0.1) is 23.3 Å². The first-order valence-electron chi connectivity index (χ1n) is 6.34. The normalized spacial score (nSPS) is 9.96. The van der Waals surface area contributed by atoms with E-state index in [2.05, 4.69) is 6.58 Å². The highest BCUT2D eigenvalue weighted by atomic mass is 16.5. The average molecular weight is 322 g/mol. The van der Waals surface area contributed by atoms with E-state index >= 15 is 0 Å². The van der Waals surface area contributed by atoms with Gasteiger partial charge in [-0.05, 0) is 24.6 Å². The molecule has 1 aromatic carbocycles. The number of carbonyl (C=O) groups excluding carboxylic acids is 1. The van der Waals surface area contributed by atoms with Crippen LogP contribution in [-0.4, -0.2) is 45.8 Å². The molecule has 8 heteroatoms. The molecular formula is C15H14O8. The van der Waals surface area contributed by atoms with Crippen LogP contribution in [0.15, 0.2) is 24.3 Å². The quantitative estimate of drug-likeness (QED) is 0.506. The average Bonchev–Trinajstić information content (AvgIpc) is 2.45. The summed E-state index contributed by atoms with van der Waals surface area (Å²) in [7, 11) is 0. The number of rotatable bonds is 7. The molecule has 0 aliphatic rings. The summed E-state index contributed by atoms with van der Waals surface area (Å²) in [5.74, 6) is -5.09. The van der Waals surface area contributed by atoms with Crippen LogP contribution < -0.4 is 0 Å². The Hall–Kier alpha value is -3.16. The highest BCUT2D eigenvalue weighted by Gasteiger charge is 2.22. The second kappa shape index (κ2) is 7.21. The molecule has 0 aromatic heterocycles. The number of hydrogen-bond donors (Lipinski definition) is 3. The van der Waals surface area contributed by atoms with Gasteiger partial charge in [0.15, 0.2) is 0 Å². The summed E-state index contributed by atoms with van der Waals surface area (Å²) in [5.41, 5.74) is -1.36. The number of ether oxygens (including phenoxy) is 1. The van der Waals surface area contributed by atoms with Gasteiger partial charge in [0, 0.05) is 12.0 Å². The maximum absolute atomic E-state index is 11.3. The van der Waals surface area contributed by atoms with Gasteiger partial charge < -0.3 is 20.1 Å². The van der Waals surface area contributed by atoms with Crippen molar-refractivity contribution in [2.45, 2.75) is 13.3 Å². The molecule has 0 amide bonds. The molecule has 0 atom stereocenters. The second-order valence-corrected chi connectivity index (χ2v) is 4.63. The summed E-state index contributed by atoms with van der Waals surface area (Å²) in [6, 6.07) is 1.74. The van der Waals surface area contributed by atoms with Crippen LogP contribution in [0, 0.1) is 0 Å². The van der Waals surface area contributed by atoms with Crippen molar-refractivity contribution >= 4 is 23.9 Å². The summed E-state index contributed by atoms with van der Waals surface area (Å²) >= 11 is 0. The molecule has 1 aromatic rings. The van der Waals surface area contributed by atoms with Crippen molar-refractivity contribution in [3.8, 4) is 0 Å². The van der Waals surface area contributed by atoms with Gasteiger partial charge in [-0.15, -0.1) is 0 Å². The summed E-state index contributed by atoms with van der Waals surface area (Å²) in [6.07, 6.45) is -0.192. The van der Waals surface area contributed by atoms with Gasteiger partial charge >= 0.3 is 23.9 Å². The Bertz CT molecular complexity index is 666. The first-order valence-corrected chi connectivity index (χ1v) is 6.34. The molecule has 122 valence electrons. The number of benzene rings is 1. The van der Waals surface area contributed by atoms with Gasteiger partial charge in [-0.1, -0.05) is 6.58 Å². The summed E-state index contributed by atoms with van der Waals surface area (Å²) in [6.45, 7) is 4.54. The van der Waals surface area contributed by atoms with E-state index in [0.29, 0.717) is 0 Å². The van der Waals surface area contributed by atoms with Crippen molar-refractivity contribution in [1.82, 2.24) is 0 Å². The van der Waals surface area contributed by atoms with Crippen molar-refractivity contribution in [3.05, 3.63) is 46.5 Å². The molecule has 23 heavy (non-hydrogen) atoms. The van der Waals surface area contributed by atoms with Crippen molar-refractivity contribution < 1.29 is 39.2 Å². The Kier molecular flexibility index (Phi) is 5.61. The zero-order chi connectivity index (χ0) is 17.7. The Morgan fingerprint density at radius 1 is 1.00 bits per heavy atom. The minimum atomic E-state index is -1.48. The molecule has 0 spiro atoms. The highest BCUT2D eigenvalue weighted by Crippen LogP contribution is 2.20. The predicted molar refractivity (Wildman–Crippen MR) is 76.8 cm³/mol. The van der Waals surface area contributed by atoms with E-state index in [9.17, 15) is 19.2 Å². The van der Waals surface area contributed by atoms with Crippen LogP contribution in [0.2, 0.25) is 0 Å². The molecule has 3 N–H and O–H groups in total. The van der Waals surface area contributed by atoms with Gasteiger partial charge in [0.2, 0.25) is 0 Å². The standard InChI is InChI=1S/C15H14O8/c1-7(2)15(22)23-4-3-9-10(13(18)19)5-8(12(16)17)6-11(9)14(20)21/h5-6H,1,3-4H2,2H3,(H,16,17)(H,18,19)(H,20,21). The van der Waals surface area contributed by atoms with Gasteiger partial charge in [-0.25, -0.2) is 19.2 Å². The third kappa shape index (κ3) is 4.40. The van der Waals surface area contributed by atoms with E-state index in [1.54, 1.807) is 0 Å². The van der Waals surface area contributed by atoms with Crippen LogP contribution in [0.25, 0.3) is 0 Å². The maximum Gasteiger partial charge on any atom is 0.336 e. The fourth-order valence-corrected chi connectivity index (χ4v) is 1.82. The SMILES string of the molecule is C=C(C)C(=O)OCCc1c(C(=O)O)cc(C(=O)O)cc1C(=O)O. The zero-order valence-corrected chi connectivity index (χ0v) is 12.2. The smallest absolute Gasteiger partial charge is 0.336 e. The fraction of sp³-hybridized carbons (Fsp3) is 0.200. The Morgan fingerprint density at radius 2 is 1.48 bits per heavy atom. The molecule has 0 bridgehead atoms. The highest BCUT2D eigenvalue weighted by molar-refractivity contribution is 6.01. The number of aromatic carboxylic acids is 3. The molecular weight excluding hydrogens is 308 g/mol. The second-order valence-electron chi connectivity index (χ2n) is 4.63. The summed E-state index contributed by atoms with van der Waals surface area (Å²) in [5, 5.41) is 27.3. The van der Waals surface area contributed by atoms with Gasteiger partial charge in [-0.2, -0.15) is 0 Å². The monoisotopic (exact) mass is 322 g/mol. The number of carboxylic acids is 3. The lowest BCUT2D eigenvalue weighted by atomic mass is 9.95. The molecule has 0 saturated heterocycles.